The molecule has 0 N–H and O–H groups in total. The van der Waals surface area contributed by atoms with Crippen LogP contribution in [-0.2, 0) is 4.79 Å². The van der Waals surface area contributed by atoms with Gasteiger partial charge in [-0.25, -0.2) is 0 Å². The molecule has 0 fully saturated rings. The number of rotatable bonds is 2. The van der Waals surface area contributed by atoms with Crippen LogP contribution in [0.1, 0.15) is 25.7 Å². The fourth-order valence-corrected chi connectivity index (χ4v) is 1.44. The monoisotopic (exact) mass is 148 g/mol. The Balaban J connectivity index is 2.47. The van der Waals surface area contributed by atoms with Gasteiger partial charge in [-0.1, -0.05) is 12.0 Å². The molecule has 11 heavy (non-hydrogen) atoms. The molecule has 1 atom stereocenters. The third kappa shape index (κ3) is 2.23. The summed E-state index contributed by atoms with van der Waals surface area (Å²) in [6, 6.07) is 0. The minimum atomic E-state index is 0.503. The average Bonchev–Trinajstić information content (AvgIpc) is 2.06. The Morgan fingerprint density at radius 2 is 2.64 bits per heavy atom. The molecule has 0 amide bonds. The van der Waals surface area contributed by atoms with Crippen LogP contribution < -0.4 is 0 Å². The summed E-state index contributed by atoms with van der Waals surface area (Å²) in [7, 11) is 0. The van der Waals surface area contributed by atoms with E-state index in [9.17, 15) is 4.79 Å². The summed E-state index contributed by atoms with van der Waals surface area (Å²) in [5.41, 5.74) is 1.07. The lowest BCUT2D eigenvalue weighted by atomic mass is 9.87. The van der Waals surface area contributed by atoms with Crippen molar-refractivity contribution in [3.05, 3.63) is 11.6 Å². The molecule has 1 unspecified atom stereocenters. The van der Waals surface area contributed by atoms with Crippen LogP contribution in [-0.4, -0.2) is 6.29 Å². The second-order valence-corrected chi connectivity index (χ2v) is 2.92. The fourth-order valence-electron chi connectivity index (χ4n) is 1.44. The highest BCUT2D eigenvalue weighted by Gasteiger charge is 2.13. The maximum atomic E-state index is 10.2. The van der Waals surface area contributed by atoms with Gasteiger partial charge in [0.05, 0.1) is 0 Å². The molecule has 0 aromatic rings. The van der Waals surface area contributed by atoms with Crippen molar-refractivity contribution in [2.75, 3.05) is 0 Å². The zero-order chi connectivity index (χ0) is 8.10. The Morgan fingerprint density at radius 1 is 1.82 bits per heavy atom. The summed E-state index contributed by atoms with van der Waals surface area (Å²) in [6.07, 6.45) is 12.1. The first kappa shape index (κ1) is 8.07. The minimum Gasteiger partial charge on any atom is -0.303 e. The molecule has 0 spiro atoms. The molecule has 0 aliphatic heterocycles. The number of terminal acetylenes is 1. The topological polar surface area (TPSA) is 17.1 Å². The van der Waals surface area contributed by atoms with E-state index in [0.717, 1.165) is 31.1 Å². The molecular formula is C10H12O. The Morgan fingerprint density at radius 3 is 3.27 bits per heavy atom. The van der Waals surface area contributed by atoms with Crippen molar-refractivity contribution < 1.29 is 4.79 Å². The van der Waals surface area contributed by atoms with Crippen LogP contribution in [0.3, 0.4) is 0 Å². The van der Waals surface area contributed by atoms with Gasteiger partial charge < -0.3 is 4.79 Å². The number of allylic oxidation sites excluding steroid dienone is 2. The van der Waals surface area contributed by atoms with E-state index >= 15 is 0 Å². The third-order valence-corrected chi connectivity index (χ3v) is 2.09. The Bertz CT molecular complexity index is 207. The molecule has 0 heterocycles. The number of carbonyl (C=O) groups excluding carboxylic acids is 1. The van der Waals surface area contributed by atoms with E-state index in [1.165, 1.54) is 0 Å². The number of hydrogen-bond donors (Lipinski definition) is 0. The molecule has 1 rings (SSSR count). The van der Waals surface area contributed by atoms with Crippen molar-refractivity contribution >= 4 is 6.29 Å². The van der Waals surface area contributed by atoms with Gasteiger partial charge in [0.2, 0.25) is 0 Å². The SMILES string of the molecule is C#CC1=CCCC(CC=O)C1. The van der Waals surface area contributed by atoms with Crippen LogP contribution in [0, 0.1) is 18.3 Å². The van der Waals surface area contributed by atoms with E-state index in [1.807, 2.05) is 0 Å². The Kier molecular flexibility index (Phi) is 2.92. The van der Waals surface area contributed by atoms with E-state index in [4.69, 9.17) is 6.42 Å². The molecule has 0 saturated heterocycles. The van der Waals surface area contributed by atoms with Gasteiger partial charge in [0.1, 0.15) is 6.29 Å². The van der Waals surface area contributed by atoms with Gasteiger partial charge in [0.25, 0.3) is 0 Å². The van der Waals surface area contributed by atoms with Crippen molar-refractivity contribution in [3.63, 3.8) is 0 Å². The summed E-state index contributed by atoms with van der Waals surface area (Å²) in [6.45, 7) is 0. The van der Waals surface area contributed by atoms with Gasteiger partial charge in [-0.15, -0.1) is 6.42 Å². The summed E-state index contributed by atoms with van der Waals surface area (Å²) < 4.78 is 0. The van der Waals surface area contributed by atoms with Crippen LogP contribution >= 0.6 is 0 Å². The van der Waals surface area contributed by atoms with Gasteiger partial charge in [-0.3, -0.25) is 0 Å². The molecule has 1 aliphatic rings. The molecule has 0 saturated carbocycles. The molecule has 1 aliphatic carbocycles. The van der Waals surface area contributed by atoms with Crippen LogP contribution in [0.4, 0.5) is 0 Å². The zero-order valence-corrected chi connectivity index (χ0v) is 6.55. The van der Waals surface area contributed by atoms with Crippen molar-refractivity contribution in [1.82, 2.24) is 0 Å². The first-order chi connectivity index (χ1) is 5.36. The molecule has 58 valence electrons. The average molecular weight is 148 g/mol. The van der Waals surface area contributed by atoms with Crippen LogP contribution in [0.2, 0.25) is 0 Å². The molecule has 1 heteroatoms. The van der Waals surface area contributed by atoms with Crippen molar-refractivity contribution in [1.29, 1.82) is 0 Å². The lowest BCUT2D eigenvalue weighted by molar-refractivity contribution is -0.108. The molecule has 1 nitrogen and oxygen atoms in total. The van der Waals surface area contributed by atoms with E-state index in [0.29, 0.717) is 12.3 Å². The van der Waals surface area contributed by atoms with E-state index in [2.05, 4.69) is 12.0 Å². The zero-order valence-electron chi connectivity index (χ0n) is 6.55. The molecule has 0 aromatic carbocycles. The van der Waals surface area contributed by atoms with Gasteiger partial charge in [0, 0.05) is 6.42 Å². The standard InChI is InChI=1S/C10H12O/c1-2-9-4-3-5-10(8-9)6-7-11/h1,4,7,10H,3,5-6,8H2. The maximum absolute atomic E-state index is 10.2. The summed E-state index contributed by atoms with van der Waals surface area (Å²) >= 11 is 0. The predicted molar refractivity (Wildman–Crippen MR) is 44.9 cm³/mol. The largest absolute Gasteiger partial charge is 0.303 e. The lowest BCUT2D eigenvalue weighted by Crippen LogP contribution is -2.06. The van der Waals surface area contributed by atoms with Crippen LogP contribution in [0.5, 0.6) is 0 Å². The lowest BCUT2D eigenvalue weighted by Gasteiger charge is -2.17. The van der Waals surface area contributed by atoms with E-state index in [-0.39, 0.29) is 0 Å². The maximum Gasteiger partial charge on any atom is 0.120 e. The first-order valence-electron chi connectivity index (χ1n) is 3.96. The van der Waals surface area contributed by atoms with Gasteiger partial charge >= 0.3 is 0 Å². The smallest absolute Gasteiger partial charge is 0.120 e. The number of aldehydes is 1. The molecule has 0 aromatic heterocycles. The molecular weight excluding hydrogens is 136 g/mol. The quantitative estimate of drug-likeness (QED) is 0.432. The van der Waals surface area contributed by atoms with E-state index < -0.39 is 0 Å². The van der Waals surface area contributed by atoms with Crippen LogP contribution in [0.25, 0.3) is 0 Å². The van der Waals surface area contributed by atoms with Gasteiger partial charge in [-0.05, 0) is 30.8 Å². The van der Waals surface area contributed by atoms with Crippen molar-refractivity contribution in [2.45, 2.75) is 25.7 Å². The number of carbonyl (C=O) groups is 1. The highest BCUT2D eigenvalue weighted by Crippen LogP contribution is 2.25. The Hall–Kier alpha value is -1.03. The molecule has 0 radical (unpaired) electrons. The number of hydrogen-bond acceptors (Lipinski definition) is 1. The van der Waals surface area contributed by atoms with Gasteiger partial charge in [-0.2, -0.15) is 0 Å². The normalized spacial score (nSPS) is 23.5. The summed E-state index contributed by atoms with van der Waals surface area (Å²) in [4.78, 5) is 10.2. The highest BCUT2D eigenvalue weighted by atomic mass is 16.1. The van der Waals surface area contributed by atoms with Gasteiger partial charge in [0.15, 0.2) is 0 Å². The second-order valence-electron chi connectivity index (χ2n) is 2.92. The highest BCUT2D eigenvalue weighted by molar-refractivity contribution is 5.50. The summed E-state index contributed by atoms with van der Waals surface area (Å²) in [5, 5.41) is 0. The Labute approximate surface area is 67.5 Å². The molecule has 0 bridgehead atoms. The van der Waals surface area contributed by atoms with Crippen LogP contribution in [0.15, 0.2) is 11.6 Å². The van der Waals surface area contributed by atoms with E-state index in [1.54, 1.807) is 0 Å². The van der Waals surface area contributed by atoms with Crippen molar-refractivity contribution in [2.24, 2.45) is 5.92 Å². The predicted octanol–water partition coefficient (Wildman–Crippen LogP) is 1.94. The fraction of sp³-hybridized carbons (Fsp3) is 0.500. The third-order valence-electron chi connectivity index (χ3n) is 2.09. The second kappa shape index (κ2) is 3.98. The minimum absolute atomic E-state index is 0.503. The first-order valence-corrected chi connectivity index (χ1v) is 3.96. The summed E-state index contributed by atoms with van der Waals surface area (Å²) in [5.74, 6) is 3.14. The van der Waals surface area contributed by atoms with Crippen molar-refractivity contribution in [3.8, 4) is 12.3 Å².